The van der Waals surface area contributed by atoms with Crippen molar-refractivity contribution in [2.45, 2.75) is 45.1 Å². The summed E-state index contributed by atoms with van der Waals surface area (Å²) in [7, 11) is 0. The molecule has 0 spiro atoms. The quantitative estimate of drug-likeness (QED) is 0.817. The highest BCUT2D eigenvalue weighted by atomic mass is 16.5. The Morgan fingerprint density at radius 2 is 1.91 bits per heavy atom. The number of fused-ring (bicyclic) bond motifs is 1. The standard InChI is InChI=1S/C16H20N2O4/c1-10(15(20)18-16(17)21)22-14(19)9-11-6-7-12-4-2-3-5-13(12)8-11/h6-8,10H,2-5,9H2,1H3,(H3,17,18,20,21)/t10-/m1/s1. The van der Waals surface area contributed by atoms with Crippen molar-refractivity contribution in [1.29, 1.82) is 0 Å². The van der Waals surface area contributed by atoms with Crippen molar-refractivity contribution in [2.24, 2.45) is 5.73 Å². The van der Waals surface area contributed by atoms with E-state index in [9.17, 15) is 14.4 Å². The molecule has 0 aliphatic heterocycles. The molecular formula is C16H20N2O4. The number of benzene rings is 1. The number of urea groups is 1. The van der Waals surface area contributed by atoms with Crippen molar-refractivity contribution < 1.29 is 19.1 Å². The van der Waals surface area contributed by atoms with Crippen LogP contribution in [0.25, 0.3) is 0 Å². The number of aryl methyl sites for hydroxylation is 2. The van der Waals surface area contributed by atoms with Crippen LogP contribution in [0.2, 0.25) is 0 Å². The largest absolute Gasteiger partial charge is 0.452 e. The molecule has 0 unspecified atom stereocenters. The van der Waals surface area contributed by atoms with Gasteiger partial charge in [0, 0.05) is 0 Å². The van der Waals surface area contributed by atoms with E-state index in [4.69, 9.17) is 10.5 Å². The molecule has 1 atom stereocenters. The van der Waals surface area contributed by atoms with Crippen molar-refractivity contribution in [2.75, 3.05) is 0 Å². The Morgan fingerprint density at radius 3 is 2.59 bits per heavy atom. The molecule has 3 amide bonds. The van der Waals surface area contributed by atoms with Gasteiger partial charge in [0.25, 0.3) is 5.91 Å². The first-order valence-electron chi connectivity index (χ1n) is 7.36. The molecule has 1 aliphatic carbocycles. The molecule has 1 aromatic carbocycles. The van der Waals surface area contributed by atoms with Crippen LogP contribution in [-0.2, 0) is 33.6 Å². The van der Waals surface area contributed by atoms with Crippen LogP contribution in [0.3, 0.4) is 0 Å². The molecule has 0 saturated heterocycles. The third-order valence-corrected chi connectivity index (χ3v) is 3.69. The van der Waals surface area contributed by atoms with Gasteiger partial charge in [-0.15, -0.1) is 0 Å². The Labute approximate surface area is 129 Å². The molecule has 0 bridgehead atoms. The van der Waals surface area contributed by atoms with Gasteiger partial charge in [0.1, 0.15) is 0 Å². The van der Waals surface area contributed by atoms with Crippen LogP contribution in [0.5, 0.6) is 0 Å². The number of amides is 3. The Hall–Kier alpha value is -2.37. The second-order valence-electron chi connectivity index (χ2n) is 5.47. The first-order valence-corrected chi connectivity index (χ1v) is 7.36. The Bertz CT molecular complexity index is 598. The van der Waals surface area contributed by atoms with E-state index < -0.39 is 24.0 Å². The summed E-state index contributed by atoms with van der Waals surface area (Å²) in [5, 5.41) is 1.88. The smallest absolute Gasteiger partial charge is 0.318 e. The molecule has 118 valence electrons. The number of rotatable bonds is 4. The van der Waals surface area contributed by atoms with Crippen molar-refractivity contribution >= 4 is 17.9 Å². The van der Waals surface area contributed by atoms with Crippen molar-refractivity contribution in [3.8, 4) is 0 Å². The van der Waals surface area contributed by atoms with E-state index >= 15 is 0 Å². The normalized spacial score (nSPS) is 14.6. The summed E-state index contributed by atoms with van der Waals surface area (Å²) >= 11 is 0. The van der Waals surface area contributed by atoms with Crippen LogP contribution in [-0.4, -0.2) is 24.0 Å². The number of nitrogens with two attached hydrogens (primary N) is 1. The van der Waals surface area contributed by atoms with Crippen molar-refractivity contribution in [1.82, 2.24) is 5.32 Å². The van der Waals surface area contributed by atoms with E-state index in [0.717, 1.165) is 18.4 Å². The Kier molecular flexibility index (Phi) is 5.14. The molecule has 0 heterocycles. The maximum atomic E-state index is 11.9. The summed E-state index contributed by atoms with van der Waals surface area (Å²) in [4.78, 5) is 33.9. The monoisotopic (exact) mass is 304 g/mol. The molecule has 0 aromatic heterocycles. The lowest BCUT2D eigenvalue weighted by Gasteiger charge is -2.17. The van der Waals surface area contributed by atoms with Gasteiger partial charge in [0.2, 0.25) is 0 Å². The van der Waals surface area contributed by atoms with Gasteiger partial charge < -0.3 is 10.5 Å². The van der Waals surface area contributed by atoms with Crippen LogP contribution in [0.1, 0.15) is 36.5 Å². The van der Waals surface area contributed by atoms with E-state index in [-0.39, 0.29) is 6.42 Å². The van der Waals surface area contributed by atoms with Gasteiger partial charge in [-0.05, 0) is 49.3 Å². The summed E-state index contributed by atoms with van der Waals surface area (Å²) in [6.45, 7) is 1.39. The fraction of sp³-hybridized carbons (Fsp3) is 0.438. The van der Waals surface area contributed by atoms with Gasteiger partial charge in [-0.25, -0.2) is 4.79 Å². The molecule has 0 radical (unpaired) electrons. The van der Waals surface area contributed by atoms with E-state index in [1.54, 1.807) is 0 Å². The molecule has 22 heavy (non-hydrogen) atoms. The van der Waals surface area contributed by atoms with Gasteiger partial charge >= 0.3 is 12.0 Å². The minimum atomic E-state index is -1.06. The van der Waals surface area contributed by atoms with E-state index in [2.05, 4.69) is 6.07 Å². The highest BCUT2D eigenvalue weighted by Crippen LogP contribution is 2.22. The zero-order chi connectivity index (χ0) is 16.1. The van der Waals surface area contributed by atoms with Gasteiger partial charge in [0.05, 0.1) is 6.42 Å². The zero-order valence-electron chi connectivity index (χ0n) is 12.6. The van der Waals surface area contributed by atoms with Crippen LogP contribution in [0.15, 0.2) is 18.2 Å². The molecule has 3 N–H and O–H groups in total. The fourth-order valence-electron chi connectivity index (χ4n) is 2.58. The van der Waals surface area contributed by atoms with Crippen LogP contribution >= 0.6 is 0 Å². The first kappa shape index (κ1) is 16.0. The Morgan fingerprint density at radius 1 is 1.23 bits per heavy atom. The third-order valence-electron chi connectivity index (χ3n) is 3.69. The molecular weight excluding hydrogens is 284 g/mol. The lowest BCUT2D eigenvalue weighted by molar-refractivity contribution is -0.153. The number of carbonyl (C=O) groups is 3. The molecule has 6 nitrogen and oxygen atoms in total. The first-order chi connectivity index (χ1) is 10.5. The van der Waals surface area contributed by atoms with Gasteiger partial charge in [0.15, 0.2) is 6.10 Å². The van der Waals surface area contributed by atoms with Crippen LogP contribution < -0.4 is 11.1 Å². The van der Waals surface area contributed by atoms with E-state index in [0.29, 0.717) is 0 Å². The number of carbonyl (C=O) groups excluding carboxylic acids is 3. The number of hydrogen-bond donors (Lipinski definition) is 2. The highest BCUT2D eigenvalue weighted by molar-refractivity contribution is 5.96. The number of primary amides is 1. The van der Waals surface area contributed by atoms with E-state index in [1.165, 1.54) is 30.9 Å². The highest BCUT2D eigenvalue weighted by Gasteiger charge is 2.19. The summed E-state index contributed by atoms with van der Waals surface area (Å²) in [6.07, 6.45) is 3.55. The predicted molar refractivity (Wildman–Crippen MR) is 80.1 cm³/mol. The lowest BCUT2D eigenvalue weighted by atomic mass is 9.90. The minimum Gasteiger partial charge on any atom is -0.452 e. The van der Waals surface area contributed by atoms with Crippen molar-refractivity contribution in [3.63, 3.8) is 0 Å². The average molecular weight is 304 g/mol. The minimum absolute atomic E-state index is 0.0987. The molecule has 6 heteroatoms. The SMILES string of the molecule is C[C@@H](OC(=O)Cc1ccc2c(c1)CCCC2)C(=O)NC(N)=O. The number of ether oxygens (including phenoxy) is 1. The van der Waals surface area contributed by atoms with Crippen molar-refractivity contribution in [3.05, 3.63) is 34.9 Å². The summed E-state index contributed by atoms with van der Waals surface area (Å²) in [6, 6.07) is 5.03. The topological polar surface area (TPSA) is 98.5 Å². The van der Waals surface area contributed by atoms with Crippen LogP contribution in [0, 0.1) is 0 Å². The fourth-order valence-corrected chi connectivity index (χ4v) is 2.58. The molecule has 1 aromatic rings. The van der Waals surface area contributed by atoms with E-state index in [1.807, 2.05) is 17.4 Å². The summed E-state index contributed by atoms with van der Waals surface area (Å²) < 4.78 is 5.00. The number of nitrogens with one attached hydrogen (secondary N) is 1. The second-order valence-corrected chi connectivity index (χ2v) is 5.47. The van der Waals surface area contributed by atoms with Gasteiger partial charge in [-0.1, -0.05) is 18.2 Å². The average Bonchev–Trinajstić information content (AvgIpc) is 2.46. The lowest BCUT2D eigenvalue weighted by Crippen LogP contribution is -2.42. The third kappa shape index (κ3) is 4.31. The molecule has 0 saturated carbocycles. The molecule has 0 fully saturated rings. The maximum absolute atomic E-state index is 11.9. The maximum Gasteiger partial charge on any atom is 0.318 e. The number of imide groups is 1. The molecule has 2 rings (SSSR count). The zero-order valence-corrected chi connectivity index (χ0v) is 12.6. The predicted octanol–water partition coefficient (Wildman–Crippen LogP) is 1.23. The molecule has 1 aliphatic rings. The number of hydrogen-bond acceptors (Lipinski definition) is 4. The van der Waals surface area contributed by atoms with Gasteiger partial charge in [-0.3, -0.25) is 14.9 Å². The summed E-state index contributed by atoms with van der Waals surface area (Å²) in [5.74, 6) is -1.24. The number of esters is 1. The second kappa shape index (κ2) is 7.06. The van der Waals surface area contributed by atoms with Crippen LogP contribution in [0.4, 0.5) is 4.79 Å². The van der Waals surface area contributed by atoms with Gasteiger partial charge in [-0.2, -0.15) is 0 Å². The summed E-state index contributed by atoms with van der Waals surface area (Å²) in [5.41, 5.74) is 8.34. The Balaban J connectivity index is 1.91.